The first kappa shape index (κ1) is 42.7. The molecule has 0 aromatic heterocycles. The number of benzene rings is 1. The summed E-state index contributed by atoms with van der Waals surface area (Å²) in [5.41, 5.74) is 1.41. The van der Waals surface area contributed by atoms with Crippen molar-refractivity contribution in [3.05, 3.63) is 60.2 Å². The smallest absolute Gasteiger partial charge is 0.0510 e. The lowest BCUT2D eigenvalue weighted by Gasteiger charge is -2.18. The van der Waals surface area contributed by atoms with Crippen molar-refractivity contribution in [2.75, 3.05) is 39.5 Å². The minimum absolute atomic E-state index is 0.582. The molecule has 0 aliphatic carbocycles. The largest absolute Gasteiger partial charge is 0.381 e. The van der Waals surface area contributed by atoms with Gasteiger partial charge in [0.2, 0.25) is 0 Å². The van der Waals surface area contributed by atoms with Crippen LogP contribution < -0.4 is 0 Å². The Morgan fingerprint density at radius 3 is 1.29 bits per heavy atom. The topological polar surface area (TPSA) is 21.7 Å². The number of allylic oxidation sites excluding steroid dienone is 4. The summed E-state index contributed by atoms with van der Waals surface area (Å²) in [5.74, 6) is 1.16. The van der Waals surface area contributed by atoms with Crippen LogP contribution in [0.5, 0.6) is 0 Å². The monoisotopic (exact) mass is 666 g/mol. The van der Waals surface area contributed by atoms with Gasteiger partial charge in [0, 0.05) is 44.7 Å². The van der Waals surface area contributed by atoms with Crippen molar-refractivity contribution in [1.82, 2.24) is 4.90 Å². The van der Waals surface area contributed by atoms with Gasteiger partial charge in [0.05, 0.1) is 13.2 Å². The van der Waals surface area contributed by atoms with E-state index in [1.54, 1.807) is 0 Å². The Morgan fingerprint density at radius 1 is 0.500 bits per heavy atom. The van der Waals surface area contributed by atoms with E-state index in [-0.39, 0.29) is 0 Å². The van der Waals surface area contributed by atoms with Crippen LogP contribution in [0.1, 0.15) is 174 Å². The van der Waals surface area contributed by atoms with Crippen molar-refractivity contribution in [2.24, 2.45) is 11.8 Å². The first-order valence-electron chi connectivity index (χ1n) is 21.0. The highest BCUT2D eigenvalue weighted by Gasteiger charge is 2.32. The molecule has 276 valence electrons. The molecule has 3 nitrogen and oxygen atoms in total. The van der Waals surface area contributed by atoms with E-state index >= 15 is 0 Å². The lowest BCUT2D eigenvalue weighted by Crippen LogP contribution is -2.23. The van der Waals surface area contributed by atoms with Crippen LogP contribution in [0.15, 0.2) is 54.6 Å². The van der Waals surface area contributed by atoms with Crippen LogP contribution in [-0.2, 0) is 16.0 Å². The van der Waals surface area contributed by atoms with E-state index < -0.39 is 0 Å². The first-order valence-corrected chi connectivity index (χ1v) is 21.0. The standard InChI is InChI=1S/C45H79NO2/c1-3-5-7-9-11-13-15-17-19-21-23-25-27-32-36-47-41-44-39-46(38-43-34-30-29-31-35-43)40-45(44)42-48-37-33-28-26-24-22-20-18-16-14-12-10-8-6-4-2/h13-16,29-31,34-35,44-45H,3-12,17-28,32-33,36-42H2,1-2H3/t44-,45-/m0/s1. The lowest BCUT2D eigenvalue weighted by molar-refractivity contribution is 0.0482. The Labute approximate surface area is 299 Å². The van der Waals surface area contributed by atoms with Gasteiger partial charge in [-0.2, -0.15) is 0 Å². The Balaban J connectivity index is 1.50. The molecule has 1 fully saturated rings. The number of likely N-dealkylation sites (tertiary alicyclic amines) is 1. The van der Waals surface area contributed by atoms with Crippen LogP contribution in [0.4, 0.5) is 0 Å². The number of ether oxygens (including phenoxy) is 2. The molecule has 1 heterocycles. The van der Waals surface area contributed by atoms with Gasteiger partial charge in [-0.1, -0.05) is 158 Å². The highest BCUT2D eigenvalue weighted by Crippen LogP contribution is 2.26. The molecule has 0 radical (unpaired) electrons. The van der Waals surface area contributed by atoms with Crippen LogP contribution in [0, 0.1) is 11.8 Å². The second kappa shape index (κ2) is 32.8. The van der Waals surface area contributed by atoms with E-state index in [0.29, 0.717) is 11.8 Å². The molecule has 0 spiro atoms. The molecular formula is C45H79NO2. The molecule has 0 unspecified atom stereocenters. The first-order chi connectivity index (χ1) is 23.8. The van der Waals surface area contributed by atoms with Crippen LogP contribution in [0.2, 0.25) is 0 Å². The zero-order valence-corrected chi connectivity index (χ0v) is 32.0. The molecule has 0 saturated carbocycles. The molecule has 2 atom stereocenters. The summed E-state index contributed by atoms with van der Waals surface area (Å²) >= 11 is 0. The van der Waals surface area contributed by atoms with Crippen molar-refractivity contribution in [3.63, 3.8) is 0 Å². The van der Waals surface area contributed by atoms with Crippen molar-refractivity contribution in [1.29, 1.82) is 0 Å². The molecule has 3 heteroatoms. The molecule has 0 bridgehead atoms. The van der Waals surface area contributed by atoms with Crippen LogP contribution in [-0.4, -0.2) is 44.4 Å². The molecular weight excluding hydrogens is 587 g/mol. The van der Waals surface area contributed by atoms with Crippen LogP contribution in [0.25, 0.3) is 0 Å². The van der Waals surface area contributed by atoms with Gasteiger partial charge in [0.15, 0.2) is 0 Å². The zero-order valence-electron chi connectivity index (χ0n) is 32.0. The van der Waals surface area contributed by atoms with Gasteiger partial charge >= 0.3 is 0 Å². The third-order valence-corrected chi connectivity index (χ3v) is 10.2. The Morgan fingerprint density at radius 2 is 0.875 bits per heavy atom. The van der Waals surface area contributed by atoms with Gasteiger partial charge in [-0.25, -0.2) is 0 Å². The Hall–Kier alpha value is -1.42. The average molecular weight is 666 g/mol. The van der Waals surface area contributed by atoms with E-state index in [0.717, 1.165) is 46.1 Å². The van der Waals surface area contributed by atoms with Gasteiger partial charge in [-0.3, -0.25) is 4.90 Å². The fraction of sp³-hybridized carbons (Fsp3) is 0.778. The summed E-state index contributed by atoms with van der Waals surface area (Å²) in [6.45, 7) is 11.5. The second-order valence-electron chi connectivity index (χ2n) is 14.8. The summed E-state index contributed by atoms with van der Waals surface area (Å²) < 4.78 is 12.6. The minimum atomic E-state index is 0.582. The van der Waals surface area contributed by atoms with Crippen molar-refractivity contribution in [3.8, 4) is 0 Å². The van der Waals surface area contributed by atoms with Gasteiger partial charge in [0.25, 0.3) is 0 Å². The van der Waals surface area contributed by atoms with E-state index in [4.69, 9.17) is 9.47 Å². The van der Waals surface area contributed by atoms with Gasteiger partial charge < -0.3 is 9.47 Å². The highest BCUT2D eigenvalue weighted by molar-refractivity contribution is 5.14. The van der Waals surface area contributed by atoms with E-state index in [2.05, 4.69) is 73.4 Å². The van der Waals surface area contributed by atoms with Gasteiger partial charge in [-0.05, 0) is 69.8 Å². The molecule has 0 amide bonds. The number of nitrogens with zero attached hydrogens (tertiary/aromatic N) is 1. The fourth-order valence-corrected chi connectivity index (χ4v) is 7.05. The summed E-state index contributed by atoms with van der Waals surface area (Å²) in [4.78, 5) is 2.63. The number of hydrogen-bond donors (Lipinski definition) is 0. The minimum Gasteiger partial charge on any atom is -0.381 e. The third-order valence-electron chi connectivity index (χ3n) is 10.2. The Kier molecular flexibility index (Phi) is 29.2. The zero-order chi connectivity index (χ0) is 34.0. The van der Waals surface area contributed by atoms with Crippen LogP contribution in [0.3, 0.4) is 0 Å². The van der Waals surface area contributed by atoms with Crippen molar-refractivity contribution < 1.29 is 9.47 Å². The maximum atomic E-state index is 6.29. The molecule has 2 rings (SSSR count). The maximum absolute atomic E-state index is 6.29. The van der Waals surface area contributed by atoms with Crippen LogP contribution >= 0.6 is 0 Å². The molecule has 1 saturated heterocycles. The van der Waals surface area contributed by atoms with E-state index in [1.165, 1.54) is 160 Å². The lowest BCUT2D eigenvalue weighted by atomic mass is 9.98. The van der Waals surface area contributed by atoms with Crippen molar-refractivity contribution >= 4 is 0 Å². The molecule has 48 heavy (non-hydrogen) atoms. The molecule has 1 aliphatic rings. The Bertz CT molecular complexity index is 802. The summed E-state index contributed by atoms with van der Waals surface area (Å²) in [7, 11) is 0. The van der Waals surface area contributed by atoms with Gasteiger partial charge in [-0.15, -0.1) is 0 Å². The van der Waals surface area contributed by atoms with E-state index in [9.17, 15) is 0 Å². The normalized spacial score (nSPS) is 17.0. The number of rotatable bonds is 34. The predicted molar refractivity (Wildman–Crippen MR) is 211 cm³/mol. The summed E-state index contributed by atoms with van der Waals surface area (Å²) in [6, 6.07) is 11.0. The SMILES string of the molecule is CCCCCCC=CCCCCCCCCOC[C@@H]1CN(Cc2ccccc2)C[C@H]1COCCCCCCCCC=CCCCCCC. The molecule has 1 aliphatic heterocycles. The predicted octanol–water partition coefficient (Wildman–Crippen LogP) is 13.3. The fourth-order valence-electron chi connectivity index (χ4n) is 7.05. The quantitative estimate of drug-likeness (QED) is 0.0540. The second-order valence-corrected chi connectivity index (χ2v) is 14.8. The van der Waals surface area contributed by atoms with Gasteiger partial charge in [0.1, 0.15) is 0 Å². The average Bonchev–Trinajstić information content (AvgIpc) is 3.48. The third kappa shape index (κ3) is 24.7. The van der Waals surface area contributed by atoms with Crippen molar-refractivity contribution in [2.45, 2.75) is 174 Å². The highest BCUT2D eigenvalue weighted by atomic mass is 16.5. The number of hydrogen-bond acceptors (Lipinski definition) is 3. The molecule has 1 aromatic carbocycles. The van der Waals surface area contributed by atoms with E-state index in [1.807, 2.05) is 0 Å². The molecule has 0 N–H and O–H groups in total. The molecule has 1 aromatic rings. The summed E-state index contributed by atoms with van der Waals surface area (Å²) in [5, 5.41) is 0. The summed E-state index contributed by atoms with van der Waals surface area (Å²) in [6.07, 6.45) is 41.6. The maximum Gasteiger partial charge on any atom is 0.0510 e. The number of unbranched alkanes of at least 4 members (excludes halogenated alkanes) is 20.